The minimum atomic E-state index is -3.56. The maximum Gasteiger partial charge on any atom is 0.404 e. The average molecular weight is 464 g/mol. The third-order valence-corrected chi connectivity index (χ3v) is 7.67. The highest BCUT2D eigenvalue weighted by molar-refractivity contribution is 7.89. The fourth-order valence-electron chi connectivity index (χ4n) is 4.27. The van der Waals surface area contributed by atoms with Gasteiger partial charge in [0.25, 0.3) is 0 Å². The van der Waals surface area contributed by atoms with Crippen LogP contribution in [0.15, 0.2) is 30.3 Å². The number of hydrogen-bond acceptors (Lipinski definition) is 5. The van der Waals surface area contributed by atoms with Crippen LogP contribution in [-0.4, -0.2) is 59.9 Å². The molecule has 1 amide bonds. The van der Waals surface area contributed by atoms with Crippen molar-refractivity contribution < 1.29 is 23.1 Å². The fraction of sp³-hybridized carbons (Fsp3) is 0.565. The predicted molar refractivity (Wildman–Crippen MR) is 124 cm³/mol. The number of nitrogens with zero attached hydrogens (tertiary/aromatic N) is 2. The molecular formula is C23H33N3O5S. The molecule has 8 nitrogen and oxygen atoms in total. The number of fused-ring (bicyclic) bond motifs is 1. The quantitative estimate of drug-likeness (QED) is 0.589. The molecule has 1 unspecified atom stereocenters. The van der Waals surface area contributed by atoms with E-state index in [1.165, 1.54) is 4.31 Å². The van der Waals surface area contributed by atoms with Crippen molar-refractivity contribution in [2.45, 2.75) is 58.8 Å². The zero-order valence-electron chi connectivity index (χ0n) is 19.0. The summed E-state index contributed by atoms with van der Waals surface area (Å²) in [5.74, 6) is -0.0280. The van der Waals surface area contributed by atoms with Gasteiger partial charge in [0.2, 0.25) is 10.0 Å². The van der Waals surface area contributed by atoms with Gasteiger partial charge in [0.05, 0.1) is 24.0 Å². The number of pyridine rings is 1. The molecule has 1 aromatic heterocycles. The minimum Gasteiger partial charge on any atom is -0.465 e. The third-order valence-electron chi connectivity index (χ3n) is 5.69. The maximum absolute atomic E-state index is 12.9. The van der Waals surface area contributed by atoms with Gasteiger partial charge in [-0.25, -0.2) is 17.5 Å². The van der Waals surface area contributed by atoms with Crippen molar-refractivity contribution in [1.29, 1.82) is 0 Å². The summed E-state index contributed by atoms with van der Waals surface area (Å²) in [4.78, 5) is 15.6. The van der Waals surface area contributed by atoms with Crippen LogP contribution in [0.25, 0.3) is 10.9 Å². The van der Waals surface area contributed by atoms with E-state index in [1.54, 1.807) is 0 Å². The van der Waals surface area contributed by atoms with E-state index < -0.39 is 22.2 Å². The number of benzene rings is 1. The Kier molecular flexibility index (Phi) is 8.08. The van der Waals surface area contributed by atoms with E-state index in [-0.39, 0.29) is 17.8 Å². The molecule has 1 aliphatic rings. The summed E-state index contributed by atoms with van der Waals surface area (Å²) in [6.07, 6.45) is 0.490. The maximum atomic E-state index is 12.9. The molecule has 0 radical (unpaired) electrons. The highest BCUT2D eigenvalue weighted by Crippen LogP contribution is 2.23. The van der Waals surface area contributed by atoms with Crippen molar-refractivity contribution in [1.82, 2.24) is 14.6 Å². The van der Waals surface area contributed by atoms with Gasteiger partial charge in [-0.15, -0.1) is 0 Å². The highest BCUT2D eigenvalue weighted by atomic mass is 32.2. The molecule has 1 fully saturated rings. The van der Waals surface area contributed by atoms with Gasteiger partial charge >= 0.3 is 6.09 Å². The first-order valence-electron chi connectivity index (χ1n) is 11.1. The molecular weight excluding hydrogens is 430 g/mol. The van der Waals surface area contributed by atoms with Crippen LogP contribution in [0.5, 0.6) is 0 Å². The van der Waals surface area contributed by atoms with Gasteiger partial charge in [-0.05, 0) is 49.8 Å². The molecule has 1 aromatic carbocycles. The number of piperidine rings is 1. The lowest BCUT2D eigenvalue weighted by Gasteiger charge is -2.32. The standard InChI is InChI=1S/C23H33N3O5S/c1-16(2)12-19(25-23(27)28)15-32(29,30)26-10-8-20(9-11-26)31-14-18-13-17(3)24-22-7-5-4-6-21(18)22/h4-7,13,16,19-20,25H,8-12,14-15H2,1-3H3,(H,27,28). The number of ether oxygens (including phenoxy) is 1. The number of carboxylic acid groups (broad SMARTS) is 1. The molecule has 1 aliphatic heterocycles. The van der Waals surface area contributed by atoms with E-state index in [4.69, 9.17) is 9.84 Å². The molecule has 9 heteroatoms. The first kappa shape index (κ1) is 24.4. The Labute approximate surface area is 190 Å². The first-order valence-corrected chi connectivity index (χ1v) is 12.7. The number of hydrogen-bond donors (Lipinski definition) is 2. The molecule has 0 aliphatic carbocycles. The van der Waals surface area contributed by atoms with E-state index in [0.717, 1.165) is 22.2 Å². The lowest BCUT2D eigenvalue weighted by atomic mass is 10.1. The van der Waals surface area contributed by atoms with E-state index in [2.05, 4.69) is 10.3 Å². The summed E-state index contributed by atoms with van der Waals surface area (Å²) in [5.41, 5.74) is 2.96. The van der Waals surface area contributed by atoms with Crippen molar-refractivity contribution >= 4 is 27.0 Å². The first-order chi connectivity index (χ1) is 15.1. The molecule has 2 aromatic rings. The Bertz CT molecular complexity index is 1030. The number of sulfonamides is 1. The van der Waals surface area contributed by atoms with Crippen LogP contribution in [0.2, 0.25) is 0 Å². The van der Waals surface area contributed by atoms with Gasteiger partial charge in [0, 0.05) is 30.2 Å². The molecule has 0 spiro atoms. The van der Waals surface area contributed by atoms with Gasteiger partial charge in [0.15, 0.2) is 0 Å². The highest BCUT2D eigenvalue weighted by Gasteiger charge is 2.31. The van der Waals surface area contributed by atoms with Crippen molar-refractivity contribution in [3.63, 3.8) is 0 Å². The van der Waals surface area contributed by atoms with Crippen molar-refractivity contribution in [3.8, 4) is 0 Å². The Morgan fingerprint density at radius 3 is 2.62 bits per heavy atom. The van der Waals surface area contributed by atoms with Gasteiger partial charge in [-0.3, -0.25) is 4.98 Å². The Hall–Kier alpha value is -2.23. The summed E-state index contributed by atoms with van der Waals surface area (Å²) in [5, 5.41) is 12.5. The molecule has 1 saturated heterocycles. The molecule has 2 N–H and O–H groups in total. The SMILES string of the molecule is Cc1cc(COC2CCN(S(=O)(=O)CC(CC(C)C)NC(=O)O)CC2)c2ccccc2n1. The monoisotopic (exact) mass is 463 g/mol. The van der Waals surface area contributed by atoms with Gasteiger partial charge < -0.3 is 15.2 Å². The van der Waals surface area contributed by atoms with Crippen LogP contribution in [0.4, 0.5) is 4.79 Å². The smallest absolute Gasteiger partial charge is 0.404 e. The summed E-state index contributed by atoms with van der Waals surface area (Å²) in [6.45, 7) is 7.07. The number of rotatable bonds is 9. The number of aromatic nitrogens is 1. The third kappa shape index (κ3) is 6.63. The summed E-state index contributed by atoms with van der Waals surface area (Å²) in [7, 11) is -3.56. The second kappa shape index (κ2) is 10.6. The summed E-state index contributed by atoms with van der Waals surface area (Å²) >= 11 is 0. The molecule has 0 bridgehead atoms. The molecule has 0 saturated carbocycles. The normalized spacial score (nSPS) is 17.0. The number of aryl methyl sites for hydroxylation is 1. The van der Waals surface area contributed by atoms with Crippen molar-refractivity contribution in [2.24, 2.45) is 5.92 Å². The Balaban J connectivity index is 1.56. The minimum absolute atomic E-state index is 0.0164. The van der Waals surface area contributed by atoms with Gasteiger partial charge in [-0.2, -0.15) is 0 Å². The average Bonchev–Trinajstić information content (AvgIpc) is 2.71. The van der Waals surface area contributed by atoms with Crippen LogP contribution in [-0.2, 0) is 21.4 Å². The topological polar surface area (TPSA) is 109 Å². The fourth-order valence-corrected chi connectivity index (χ4v) is 5.98. The number of nitrogens with one attached hydrogen (secondary N) is 1. The van der Waals surface area contributed by atoms with Crippen LogP contribution < -0.4 is 5.32 Å². The molecule has 32 heavy (non-hydrogen) atoms. The molecule has 1 atom stereocenters. The van der Waals surface area contributed by atoms with Crippen LogP contribution in [0.3, 0.4) is 0 Å². The number of carbonyl (C=O) groups is 1. The van der Waals surface area contributed by atoms with Crippen molar-refractivity contribution in [2.75, 3.05) is 18.8 Å². The van der Waals surface area contributed by atoms with Crippen LogP contribution in [0, 0.1) is 12.8 Å². The lowest BCUT2D eigenvalue weighted by molar-refractivity contribution is 0.0106. The largest absolute Gasteiger partial charge is 0.465 e. The van der Waals surface area contributed by atoms with Gasteiger partial charge in [-0.1, -0.05) is 32.0 Å². The van der Waals surface area contributed by atoms with Gasteiger partial charge in [0.1, 0.15) is 0 Å². The van der Waals surface area contributed by atoms with Crippen molar-refractivity contribution in [3.05, 3.63) is 41.6 Å². The molecule has 2 heterocycles. The summed E-state index contributed by atoms with van der Waals surface area (Å²) < 4.78 is 33.4. The van der Waals surface area contributed by atoms with Crippen LogP contribution in [0.1, 0.15) is 44.4 Å². The van der Waals surface area contributed by atoms with Crippen LogP contribution >= 0.6 is 0 Å². The van der Waals surface area contributed by atoms with E-state index in [9.17, 15) is 13.2 Å². The second-order valence-corrected chi connectivity index (χ2v) is 10.9. The van der Waals surface area contributed by atoms with E-state index in [0.29, 0.717) is 39.0 Å². The predicted octanol–water partition coefficient (Wildman–Crippen LogP) is 3.54. The lowest BCUT2D eigenvalue weighted by Crippen LogP contribution is -2.47. The number of amides is 1. The zero-order valence-corrected chi connectivity index (χ0v) is 19.8. The molecule has 176 valence electrons. The summed E-state index contributed by atoms with van der Waals surface area (Å²) in [6, 6.07) is 9.39. The molecule has 3 rings (SSSR count). The Morgan fingerprint density at radius 1 is 1.28 bits per heavy atom. The zero-order chi connectivity index (χ0) is 23.3. The number of para-hydroxylation sites is 1. The van der Waals surface area contributed by atoms with E-state index in [1.807, 2.05) is 51.1 Å². The second-order valence-electron chi connectivity index (χ2n) is 8.90. The Morgan fingerprint density at radius 2 is 1.97 bits per heavy atom. The van der Waals surface area contributed by atoms with E-state index >= 15 is 0 Å².